The summed E-state index contributed by atoms with van der Waals surface area (Å²) in [5.41, 5.74) is 0.144. The molecule has 0 aliphatic heterocycles. The lowest BCUT2D eigenvalue weighted by Gasteiger charge is -2.28. The largest absolute Gasteiger partial charge is 0.349 e. The van der Waals surface area contributed by atoms with Gasteiger partial charge in [0, 0.05) is 16.8 Å². The molecular weight excluding hydrogens is 473 g/mol. The highest BCUT2D eigenvalue weighted by atomic mass is 35.5. The topological polar surface area (TPSA) is 127 Å². The van der Waals surface area contributed by atoms with Gasteiger partial charge in [0.25, 0.3) is 5.91 Å². The standard InChI is InChI=1S/C25H31ClFN5O3/c1-25(2,29-3)11-15(13-33)8-17(12-28)30-23(34)19(9-14-4-5-14)32-24(35)20-10-16-6-7-18(27)21(26)22(16)31-20/h6-7,10,13-15,17,19,29,31H,4-5,8-9,11H2,1-3H3,(H,30,34)(H,32,35). The molecule has 1 saturated carbocycles. The Balaban J connectivity index is 1.69. The first-order chi connectivity index (χ1) is 16.6. The first-order valence-electron chi connectivity index (χ1n) is 11.7. The highest BCUT2D eigenvalue weighted by Crippen LogP contribution is 2.34. The maximum atomic E-state index is 13.8. The molecule has 2 aromatic rings. The summed E-state index contributed by atoms with van der Waals surface area (Å²) in [4.78, 5) is 40.4. The molecule has 8 nitrogen and oxygen atoms in total. The van der Waals surface area contributed by atoms with Crippen LogP contribution in [0.3, 0.4) is 0 Å². The number of nitrogens with one attached hydrogen (secondary N) is 4. The van der Waals surface area contributed by atoms with Crippen molar-refractivity contribution < 1.29 is 18.8 Å². The van der Waals surface area contributed by atoms with Gasteiger partial charge < -0.3 is 25.7 Å². The Kier molecular flexibility index (Phi) is 8.51. The van der Waals surface area contributed by atoms with Crippen molar-refractivity contribution in [1.82, 2.24) is 20.9 Å². The van der Waals surface area contributed by atoms with E-state index in [0.717, 1.165) is 19.1 Å². The van der Waals surface area contributed by atoms with Crippen molar-refractivity contribution in [2.24, 2.45) is 11.8 Å². The number of aromatic amines is 1. The lowest BCUT2D eigenvalue weighted by atomic mass is 9.87. The van der Waals surface area contributed by atoms with Crippen LogP contribution < -0.4 is 16.0 Å². The minimum Gasteiger partial charge on any atom is -0.349 e. The van der Waals surface area contributed by atoms with E-state index in [9.17, 15) is 24.0 Å². The van der Waals surface area contributed by atoms with E-state index < -0.39 is 35.6 Å². The van der Waals surface area contributed by atoms with Crippen LogP contribution in [0.1, 0.15) is 56.4 Å². The number of hydrogen-bond acceptors (Lipinski definition) is 5. The van der Waals surface area contributed by atoms with Gasteiger partial charge in [-0.25, -0.2) is 4.39 Å². The van der Waals surface area contributed by atoms with Crippen LogP contribution in [0, 0.1) is 29.0 Å². The third-order valence-electron chi connectivity index (χ3n) is 6.47. The number of hydrogen-bond donors (Lipinski definition) is 4. The third kappa shape index (κ3) is 7.03. The van der Waals surface area contributed by atoms with Crippen molar-refractivity contribution in [3.05, 3.63) is 34.7 Å². The van der Waals surface area contributed by atoms with Gasteiger partial charge in [-0.05, 0) is 64.3 Å². The zero-order valence-corrected chi connectivity index (χ0v) is 20.8. The van der Waals surface area contributed by atoms with Gasteiger partial charge in [-0.15, -0.1) is 0 Å². The third-order valence-corrected chi connectivity index (χ3v) is 6.84. The molecule has 3 rings (SSSR count). The summed E-state index contributed by atoms with van der Waals surface area (Å²) in [6, 6.07) is 4.60. The highest BCUT2D eigenvalue weighted by molar-refractivity contribution is 6.35. The summed E-state index contributed by atoms with van der Waals surface area (Å²) in [6.45, 7) is 3.91. The number of nitriles is 1. The zero-order chi connectivity index (χ0) is 25.8. The molecule has 2 amide bonds. The van der Waals surface area contributed by atoms with Crippen LogP contribution in [0.4, 0.5) is 4.39 Å². The van der Waals surface area contributed by atoms with Crippen molar-refractivity contribution in [2.75, 3.05) is 7.05 Å². The molecule has 1 aromatic carbocycles. The second kappa shape index (κ2) is 11.2. The minimum absolute atomic E-state index is 0.114. The zero-order valence-electron chi connectivity index (χ0n) is 20.1. The van der Waals surface area contributed by atoms with Gasteiger partial charge in [-0.1, -0.05) is 24.4 Å². The maximum Gasteiger partial charge on any atom is 0.268 e. The van der Waals surface area contributed by atoms with Crippen LogP contribution in [-0.2, 0) is 9.59 Å². The molecular formula is C25H31ClFN5O3. The fraction of sp³-hybridized carbons (Fsp3) is 0.520. The second-order valence-corrected chi connectivity index (χ2v) is 10.3. The lowest BCUT2D eigenvalue weighted by Crippen LogP contribution is -2.50. The van der Waals surface area contributed by atoms with Gasteiger partial charge in [0.1, 0.15) is 34.9 Å². The molecule has 10 heteroatoms. The van der Waals surface area contributed by atoms with Gasteiger partial charge in [-0.2, -0.15) is 5.26 Å². The molecule has 1 aliphatic carbocycles. The number of aromatic nitrogens is 1. The minimum atomic E-state index is -0.876. The van der Waals surface area contributed by atoms with Crippen molar-refractivity contribution >= 4 is 40.6 Å². The number of carbonyl (C=O) groups is 3. The van der Waals surface area contributed by atoms with Gasteiger partial charge >= 0.3 is 0 Å². The molecule has 0 radical (unpaired) electrons. The number of nitrogens with zero attached hydrogens (tertiary/aromatic N) is 1. The number of fused-ring (bicyclic) bond motifs is 1. The Hall–Kier alpha value is -2.96. The first-order valence-corrected chi connectivity index (χ1v) is 12.1. The number of benzene rings is 1. The van der Waals surface area contributed by atoms with Gasteiger partial charge in [-0.3, -0.25) is 9.59 Å². The molecule has 0 bridgehead atoms. The molecule has 0 saturated heterocycles. The van der Waals surface area contributed by atoms with E-state index in [2.05, 4.69) is 27.0 Å². The number of H-pyrrole nitrogens is 1. The molecule has 4 N–H and O–H groups in total. The summed E-state index contributed by atoms with van der Waals surface area (Å²) < 4.78 is 13.8. The van der Waals surface area contributed by atoms with Crippen LogP contribution >= 0.6 is 11.6 Å². The highest BCUT2D eigenvalue weighted by Gasteiger charge is 2.33. The van der Waals surface area contributed by atoms with E-state index in [1.807, 2.05) is 13.8 Å². The summed E-state index contributed by atoms with van der Waals surface area (Å²) in [5.74, 6) is -1.72. The quantitative estimate of drug-likeness (QED) is 0.330. The molecule has 35 heavy (non-hydrogen) atoms. The van der Waals surface area contributed by atoms with Crippen LogP contribution in [0.15, 0.2) is 18.2 Å². The monoisotopic (exact) mass is 503 g/mol. The lowest BCUT2D eigenvalue weighted by molar-refractivity contribution is -0.124. The van der Waals surface area contributed by atoms with E-state index in [-0.39, 0.29) is 22.7 Å². The average Bonchev–Trinajstić information content (AvgIpc) is 3.54. The number of amides is 2. The summed E-state index contributed by atoms with van der Waals surface area (Å²) in [5, 5.41) is 18.6. The number of rotatable bonds is 12. The summed E-state index contributed by atoms with van der Waals surface area (Å²) in [6.07, 6.45) is 3.86. The van der Waals surface area contributed by atoms with Gasteiger partial charge in [0.05, 0.1) is 11.6 Å². The van der Waals surface area contributed by atoms with E-state index in [1.54, 1.807) is 13.1 Å². The molecule has 1 heterocycles. The Labute approximate surface area is 209 Å². The van der Waals surface area contributed by atoms with Crippen LogP contribution in [0.25, 0.3) is 10.9 Å². The second-order valence-electron chi connectivity index (χ2n) is 9.87. The Morgan fingerprint density at radius 3 is 2.66 bits per heavy atom. The molecule has 1 fully saturated rings. The first kappa shape index (κ1) is 26.6. The van der Waals surface area contributed by atoms with Gasteiger partial charge in [0.2, 0.25) is 5.91 Å². The average molecular weight is 504 g/mol. The Morgan fingerprint density at radius 1 is 1.34 bits per heavy atom. The van der Waals surface area contributed by atoms with Crippen molar-refractivity contribution in [2.45, 2.75) is 63.6 Å². The molecule has 1 aliphatic rings. The fourth-order valence-corrected chi connectivity index (χ4v) is 4.30. The Bertz CT molecular complexity index is 1140. The Morgan fingerprint density at radius 2 is 2.06 bits per heavy atom. The van der Waals surface area contributed by atoms with E-state index in [4.69, 9.17) is 11.6 Å². The SMILES string of the molecule is CNC(C)(C)CC(C=O)CC(C#N)NC(=O)C(CC1CC1)NC(=O)c1cc2ccc(F)c(Cl)c2[nH]1. The van der Waals surface area contributed by atoms with E-state index in [0.29, 0.717) is 29.7 Å². The van der Waals surface area contributed by atoms with Crippen molar-refractivity contribution in [3.8, 4) is 6.07 Å². The van der Waals surface area contributed by atoms with Gasteiger partial charge in [0.15, 0.2) is 0 Å². The predicted octanol–water partition coefficient (Wildman–Crippen LogP) is 3.46. The number of carbonyl (C=O) groups excluding carboxylic acids is 3. The van der Waals surface area contributed by atoms with E-state index >= 15 is 0 Å². The molecule has 1 aromatic heterocycles. The fourth-order valence-electron chi connectivity index (χ4n) is 4.08. The predicted molar refractivity (Wildman–Crippen MR) is 131 cm³/mol. The molecule has 3 atom stereocenters. The normalized spacial score (nSPS) is 16.2. The number of aldehydes is 1. The summed E-state index contributed by atoms with van der Waals surface area (Å²) in [7, 11) is 1.80. The van der Waals surface area contributed by atoms with E-state index in [1.165, 1.54) is 12.1 Å². The van der Waals surface area contributed by atoms with Crippen LogP contribution in [0.2, 0.25) is 5.02 Å². The smallest absolute Gasteiger partial charge is 0.268 e. The van der Waals surface area contributed by atoms with Crippen LogP contribution in [-0.4, -0.2) is 47.8 Å². The van der Waals surface area contributed by atoms with Crippen molar-refractivity contribution in [3.63, 3.8) is 0 Å². The summed E-state index contributed by atoms with van der Waals surface area (Å²) >= 11 is 5.99. The molecule has 3 unspecified atom stereocenters. The molecule has 188 valence electrons. The molecule has 0 spiro atoms. The maximum absolute atomic E-state index is 13.8. The van der Waals surface area contributed by atoms with Crippen LogP contribution in [0.5, 0.6) is 0 Å². The van der Waals surface area contributed by atoms with Crippen molar-refractivity contribution in [1.29, 1.82) is 5.26 Å². The number of halogens is 2.